The van der Waals surface area contributed by atoms with Gasteiger partial charge in [-0.25, -0.2) is 9.48 Å². The van der Waals surface area contributed by atoms with Gasteiger partial charge in [-0.15, -0.1) is 5.10 Å². The van der Waals surface area contributed by atoms with Gasteiger partial charge in [0.25, 0.3) is 0 Å². The zero-order valence-corrected chi connectivity index (χ0v) is 9.01. The van der Waals surface area contributed by atoms with Crippen molar-refractivity contribution in [2.45, 2.75) is 26.1 Å². The molecule has 16 heavy (non-hydrogen) atoms. The summed E-state index contributed by atoms with van der Waals surface area (Å²) in [5.74, 6) is -0.0494. The van der Waals surface area contributed by atoms with Crippen molar-refractivity contribution in [1.82, 2.24) is 14.3 Å². The molecule has 1 aromatic rings. The van der Waals surface area contributed by atoms with E-state index in [0.29, 0.717) is 11.1 Å². The fourth-order valence-corrected chi connectivity index (χ4v) is 1.19. The molecule has 0 spiro atoms. The summed E-state index contributed by atoms with van der Waals surface area (Å²) >= 11 is 0. The van der Waals surface area contributed by atoms with Gasteiger partial charge >= 0.3 is 11.9 Å². The van der Waals surface area contributed by atoms with Crippen molar-refractivity contribution < 1.29 is 13.2 Å². The van der Waals surface area contributed by atoms with Gasteiger partial charge in [-0.05, 0) is 6.42 Å². The Morgan fingerprint density at radius 1 is 1.44 bits per heavy atom. The van der Waals surface area contributed by atoms with Crippen LogP contribution in [-0.2, 0) is 13.6 Å². The first kappa shape index (κ1) is 12.6. The fraction of sp³-hybridized carbons (Fsp3) is 0.750. The average Bonchev–Trinajstić information content (AvgIpc) is 2.41. The topological polar surface area (TPSA) is 51.9 Å². The van der Waals surface area contributed by atoms with Gasteiger partial charge in [0, 0.05) is 13.6 Å². The first-order chi connectivity index (χ1) is 7.35. The smallest absolute Gasteiger partial charge is 0.354 e. The van der Waals surface area contributed by atoms with Crippen molar-refractivity contribution in [3.63, 3.8) is 0 Å². The number of aromatic nitrogens is 3. The molecule has 0 aliphatic rings. The summed E-state index contributed by atoms with van der Waals surface area (Å²) in [4.78, 5) is 11.4. The lowest BCUT2D eigenvalue weighted by molar-refractivity contribution is -0.140. The maximum Gasteiger partial charge on any atom is 0.406 e. The van der Waals surface area contributed by atoms with E-state index < -0.39 is 18.4 Å². The molecule has 92 valence electrons. The molecule has 0 aliphatic heterocycles. The normalized spacial score (nSPS) is 11.8. The summed E-state index contributed by atoms with van der Waals surface area (Å²) in [6, 6.07) is 0. The molecule has 0 fully saturated rings. The minimum Gasteiger partial charge on any atom is -0.354 e. The summed E-state index contributed by atoms with van der Waals surface area (Å²) in [6.45, 7) is 1.00. The average molecular weight is 238 g/mol. The SMILES string of the molecule is CCCNc1nn(C)c(=O)n1CC(F)(F)F. The van der Waals surface area contributed by atoms with Gasteiger partial charge < -0.3 is 5.32 Å². The van der Waals surface area contributed by atoms with Crippen molar-refractivity contribution in [2.75, 3.05) is 11.9 Å². The quantitative estimate of drug-likeness (QED) is 0.850. The Bertz CT molecular complexity index is 406. The number of alkyl halides is 3. The number of rotatable bonds is 4. The minimum absolute atomic E-state index is 0.0494. The van der Waals surface area contributed by atoms with Crippen molar-refractivity contribution in [3.8, 4) is 0 Å². The lowest BCUT2D eigenvalue weighted by Crippen LogP contribution is -2.29. The Labute approximate surface area is 89.9 Å². The molecule has 0 amide bonds. The van der Waals surface area contributed by atoms with E-state index in [9.17, 15) is 18.0 Å². The summed E-state index contributed by atoms with van der Waals surface area (Å²) in [5, 5.41) is 6.37. The molecule has 0 unspecified atom stereocenters. The van der Waals surface area contributed by atoms with Gasteiger partial charge in [0.2, 0.25) is 5.95 Å². The van der Waals surface area contributed by atoms with Gasteiger partial charge in [-0.3, -0.25) is 4.57 Å². The molecule has 0 radical (unpaired) electrons. The molecule has 1 heterocycles. The molecule has 1 N–H and O–H groups in total. The number of nitrogens with one attached hydrogen (secondary N) is 1. The molecule has 0 atom stereocenters. The maximum absolute atomic E-state index is 12.2. The number of nitrogens with zero attached hydrogens (tertiary/aromatic N) is 3. The Kier molecular flexibility index (Phi) is 3.61. The van der Waals surface area contributed by atoms with Crippen LogP contribution < -0.4 is 11.0 Å². The number of hydrogen-bond acceptors (Lipinski definition) is 3. The van der Waals surface area contributed by atoms with Crippen LogP contribution in [0.2, 0.25) is 0 Å². The zero-order chi connectivity index (χ0) is 12.3. The summed E-state index contributed by atoms with van der Waals surface area (Å²) in [7, 11) is 1.31. The Morgan fingerprint density at radius 3 is 2.56 bits per heavy atom. The second-order valence-corrected chi connectivity index (χ2v) is 3.36. The van der Waals surface area contributed by atoms with Gasteiger partial charge in [0.1, 0.15) is 6.54 Å². The summed E-state index contributed by atoms with van der Waals surface area (Å²) < 4.78 is 38.1. The first-order valence-electron chi connectivity index (χ1n) is 4.79. The van der Waals surface area contributed by atoms with Crippen LogP contribution in [0.3, 0.4) is 0 Å². The van der Waals surface area contributed by atoms with E-state index in [0.717, 1.165) is 11.1 Å². The van der Waals surface area contributed by atoms with Crippen molar-refractivity contribution in [3.05, 3.63) is 10.5 Å². The van der Waals surface area contributed by atoms with Crippen LogP contribution in [0.15, 0.2) is 4.79 Å². The Hall–Kier alpha value is -1.47. The molecule has 0 aromatic carbocycles. The molecule has 1 aromatic heterocycles. The lowest BCUT2D eigenvalue weighted by Gasteiger charge is -2.09. The van der Waals surface area contributed by atoms with E-state index in [2.05, 4.69) is 10.4 Å². The molecule has 0 aliphatic carbocycles. The van der Waals surface area contributed by atoms with E-state index in [-0.39, 0.29) is 5.95 Å². The van der Waals surface area contributed by atoms with Crippen LogP contribution >= 0.6 is 0 Å². The van der Waals surface area contributed by atoms with Crippen molar-refractivity contribution >= 4 is 5.95 Å². The predicted octanol–water partition coefficient (Wildman–Crippen LogP) is 0.966. The molecule has 0 saturated carbocycles. The highest BCUT2D eigenvalue weighted by Gasteiger charge is 2.30. The Balaban J connectivity index is 2.99. The molecule has 1 rings (SSSR count). The van der Waals surface area contributed by atoms with Crippen LogP contribution in [-0.4, -0.2) is 27.1 Å². The van der Waals surface area contributed by atoms with E-state index in [1.54, 1.807) is 0 Å². The van der Waals surface area contributed by atoms with E-state index in [1.807, 2.05) is 6.92 Å². The highest BCUT2D eigenvalue weighted by atomic mass is 19.4. The number of halogens is 3. The largest absolute Gasteiger partial charge is 0.406 e. The number of anilines is 1. The third kappa shape index (κ3) is 3.01. The van der Waals surface area contributed by atoms with Gasteiger partial charge in [-0.2, -0.15) is 13.2 Å². The van der Waals surface area contributed by atoms with Crippen molar-refractivity contribution in [1.29, 1.82) is 0 Å². The van der Waals surface area contributed by atoms with Crippen LogP contribution in [0.25, 0.3) is 0 Å². The van der Waals surface area contributed by atoms with Gasteiger partial charge in [0.15, 0.2) is 0 Å². The number of aryl methyl sites for hydroxylation is 1. The first-order valence-corrected chi connectivity index (χ1v) is 4.79. The minimum atomic E-state index is -4.44. The van der Waals surface area contributed by atoms with Crippen molar-refractivity contribution in [2.24, 2.45) is 7.05 Å². The van der Waals surface area contributed by atoms with Gasteiger partial charge in [0.05, 0.1) is 0 Å². The van der Waals surface area contributed by atoms with Crippen LogP contribution in [0, 0.1) is 0 Å². The Morgan fingerprint density at radius 2 is 2.06 bits per heavy atom. The zero-order valence-electron chi connectivity index (χ0n) is 9.01. The molecule has 0 bridgehead atoms. The monoisotopic (exact) mass is 238 g/mol. The molecular weight excluding hydrogens is 225 g/mol. The van der Waals surface area contributed by atoms with Crippen LogP contribution in [0.1, 0.15) is 13.3 Å². The standard InChI is InChI=1S/C8H13F3N4O/c1-3-4-12-6-13-14(2)7(16)15(6)5-8(9,10)11/h3-5H2,1-2H3,(H,12,13). The van der Waals surface area contributed by atoms with E-state index in [4.69, 9.17) is 0 Å². The molecule has 0 saturated heterocycles. The second kappa shape index (κ2) is 4.58. The number of hydrogen-bond donors (Lipinski definition) is 1. The third-order valence-electron chi connectivity index (χ3n) is 1.88. The van der Waals surface area contributed by atoms with Crippen LogP contribution in [0.4, 0.5) is 19.1 Å². The lowest BCUT2D eigenvalue weighted by atomic mass is 10.5. The van der Waals surface area contributed by atoms with Crippen LogP contribution in [0.5, 0.6) is 0 Å². The second-order valence-electron chi connectivity index (χ2n) is 3.36. The molecular formula is C8H13F3N4O. The highest BCUT2D eigenvalue weighted by Crippen LogP contribution is 2.18. The predicted molar refractivity (Wildman–Crippen MR) is 52.3 cm³/mol. The maximum atomic E-state index is 12.2. The summed E-state index contributed by atoms with van der Waals surface area (Å²) in [5.41, 5.74) is -0.782. The summed E-state index contributed by atoms with van der Waals surface area (Å²) in [6.07, 6.45) is -3.70. The molecule has 5 nitrogen and oxygen atoms in total. The third-order valence-corrected chi connectivity index (χ3v) is 1.88. The molecule has 8 heteroatoms. The van der Waals surface area contributed by atoms with Gasteiger partial charge in [-0.1, -0.05) is 6.92 Å². The fourth-order valence-electron chi connectivity index (χ4n) is 1.19. The van der Waals surface area contributed by atoms with E-state index >= 15 is 0 Å². The highest BCUT2D eigenvalue weighted by molar-refractivity contribution is 5.23. The van der Waals surface area contributed by atoms with E-state index in [1.165, 1.54) is 7.05 Å².